The third-order valence-corrected chi connectivity index (χ3v) is 4.14. The van der Waals surface area contributed by atoms with E-state index < -0.39 is 5.91 Å². The molecule has 0 aromatic carbocycles. The van der Waals surface area contributed by atoms with Crippen molar-refractivity contribution in [2.24, 2.45) is 5.73 Å². The first-order valence-corrected chi connectivity index (χ1v) is 7.36. The molecule has 23 heavy (non-hydrogen) atoms. The Kier molecular flexibility index (Phi) is 3.14. The van der Waals surface area contributed by atoms with Crippen molar-refractivity contribution in [1.29, 1.82) is 0 Å². The molecule has 4 heterocycles. The quantitative estimate of drug-likeness (QED) is 0.766. The molecule has 0 saturated carbocycles. The van der Waals surface area contributed by atoms with Crippen molar-refractivity contribution < 1.29 is 4.79 Å². The number of nitrogens with two attached hydrogens (primary N) is 1. The van der Waals surface area contributed by atoms with Gasteiger partial charge in [-0.3, -0.25) is 14.5 Å². The molecule has 0 aliphatic carbocycles. The van der Waals surface area contributed by atoms with E-state index in [9.17, 15) is 4.79 Å². The van der Waals surface area contributed by atoms with Gasteiger partial charge < -0.3 is 10.6 Å². The average molecular weight is 309 g/mol. The monoisotopic (exact) mass is 309 g/mol. The summed E-state index contributed by atoms with van der Waals surface area (Å²) in [5.74, 6) is 0.447. The van der Waals surface area contributed by atoms with Crippen molar-refractivity contribution >= 4 is 22.6 Å². The molecule has 3 aromatic heterocycles. The highest BCUT2D eigenvalue weighted by Gasteiger charge is 2.27. The number of anilines is 1. The molecule has 2 N–H and O–H groups in total. The molecule has 1 saturated heterocycles. The second kappa shape index (κ2) is 5.31. The fourth-order valence-corrected chi connectivity index (χ4v) is 2.96. The molecule has 3 aromatic rings. The largest absolute Gasteiger partial charge is 0.366 e. The molecule has 0 radical (unpaired) electrons. The number of carbonyl (C=O) groups is 1. The number of aromatic nitrogens is 5. The Bertz CT molecular complexity index is 870. The third-order valence-electron chi connectivity index (χ3n) is 4.14. The summed E-state index contributed by atoms with van der Waals surface area (Å²) >= 11 is 0. The molecule has 0 spiro atoms. The molecular weight excluding hydrogens is 294 g/mol. The molecule has 1 aliphatic heterocycles. The van der Waals surface area contributed by atoms with Crippen molar-refractivity contribution in [3.05, 3.63) is 42.7 Å². The normalized spacial score (nSPS) is 17.7. The summed E-state index contributed by atoms with van der Waals surface area (Å²) in [6, 6.07) is 2.12. The predicted octanol–water partition coefficient (Wildman–Crippen LogP) is 0.772. The second-order valence-corrected chi connectivity index (χ2v) is 5.55. The molecule has 0 bridgehead atoms. The zero-order valence-corrected chi connectivity index (χ0v) is 12.3. The highest BCUT2D eigenvalue weighted by molar-refractivity contribution is 5.92. The SMILES string of the molecule is NC(=O)c1cnn(C2CCN(c3ncnc4cnccc34)C2)c1. The van der Waals surface area contributed by atoms with Gasteiger partial charge >= 0.3 is 0 Å². The Morgan fingerprint density at radius 1 is 1.30 bits per heavy atom. The maximum Gasteiger partial charge on any atom is 0.251 e. The van der Waals surface area contributed by atoms with Gasteiger partial charge in [0.15, 0.2) is 0 Å². The van der Waals surface area contributed by atoms with Crippen LogP contribution >= 0.6 is 0 Å². The molecular formula is C15H15N7O. The van der Waals surface area contributed by atoms with Crippen molar-refractivity contribution in [2.75, 3.05) is 18.0 Å². The zero-order chi connectivity index (χ0) is 15.8. The molecule has 1 amide bonds. The van der Waals surface area contributed by atoms with Crippen LogP contribution in [0, 0.1) is 0 Å². The number of hydrogen-bond acceptors (Lipinski definition) is 6. The minimum absolute atomic E-state index is 0.190. The van der Waals surface area contributed by atoms with E-state index in [1.807, 2.05) is 10.7 Å². The Morgan fingerprint density at radius 3 is 3.04 bits per heavy atom. The van der Waals surface area contributed by atoms with E-state index in [1.165, 1.54) is 6.20 Å². The third kappa shape index (κ3) is 2.37. The maximum atomic E-state index is 11.2. The number of nitrogens with zero attached hydrogens (tertiary/aromatic N) is 6. The number of amides is 1. The number of primary amides is 1. The summed E-state index contributed by atoms with van der Waals surface area (Å²) < 4.78 is 1.81. The number of hydrogen-bond donors (Lipinski definition) is 1. The van der Waals surface area contributed by atoms with Crippen LogP contribution in [0.2, 0.25) is 0 Å². The Balaban J connectivity index is 1.61. The lowest BCUT2D eigenvalue weighted by Crippen LogP contribution is -2.22. The van der Waals surface area contributed by atoms with Crippen molar-refractivity contribution in [2.45, 2.75) is 12.5 Å². The van der Waals surface area contributed by atoms with Crippen LogP contribution in [-0.4, -0.2) is 43.7 Å². The fraction of sp³-hybridized carbons (Fsp3) is 0.267. The first kappa shape index (κ1) is 13.6. The van der Waals surface area contributed by atoms with Crippen LogP contribution in [0.15, 0.2) is 37.2 Å². The number of fused-ring (bicyclic) bond motifs is 1. The van der Waals surface area contributed by atoms with Gasteiger partial charge in [-0.05, 0) is 12.5 Å². The molecule has 1 atom stereocenters. The summed E-state index contributed by atoms with van der Waals surface area (Å²) in [5.41, 5.74) is 6.54. The maximum absolute atomic E-state index is 11.2. The van der Waals surface area contributed by atoms with Crippen molar-refractivity contribution in [3.63, 3.8) is 0 Å². The molecule has 8 nitrogen and oxygen atoms in total. The fourth-order valence-electron chi connectivity index (χ4n) is 2.96. The van der Waals surface area contributed by atoms with Crippen LogP contribution in [0.1, 0.15) is 22.8 Å². The topological polar surface area (TPSA) is 103 Å². The zero-order valence-electron chi connectivity index (χ0n) is 12.3. The number of pyridine rings is 1. The first-order chi connectivity index (χ1) is 11.2. The van der Waals surface area contributed by atoms with Gasteiger partial charge in [-0.15, -0.1) is 0 Å². The van der Waals surface area contributed by atoms with E-state index in [4.69, 9.17) is 5.73 Å². The van der Waals surface area contributed by atoms with Gasteiger partial charge in [-0.1, -0.05) is 0 Å². The molecule has 1 aliphatic rings. The van der Waals surface area contributed by atoms with Crippen molar-refractivity contribution in [1.82, 2.24) is 24.7 Å². The second-order valence-electron chi connectivity index (χ2n) is 5.55. The molecule has 1 fully saturated rings. The minimum atomic E-state index is -0.458. The predicted molar refractivity (Wildman–Crippen MR) is 83.9 cm³/mol. The highest BCUT2D eigenvalue weighted by Crippen LogP contribution is 2.29. The van der Waals surface area contributed by atoms with Gasteiger partial charge in [0.2, 0.25) is 0 Å². The van der Waals surface area contributed by atoms with E-state index in [-0.39, 0.29) is 6.04 Å². The Hall–Kier alpha value is -3.03. The first-order valence-electron chi connectivity index (χ1n) is 7.36. The van der Waals surface area contributed by atoms with Gasteiger partial charge in [-0.2, -0.15) is 5.10 Å². The lowest BCUT2D eigenvalue weighted by atomic mass is 10.2. The summed E-state index contributed by atoms with van der Waals surface area (Å²) in [5, 5.41) is 5.24. The van der Waals surface area contributed by atoms with E-state index in [0.29, 0.717) is 5.56 Å². The van der Waals surface area contributed by atoms with Crippen LogP contribution < -0.4 is 10.6 Å². The Morgan fingerprint density at radius 2 is 2.22 bits per heavy atom. The summed E-state index contributed by atoms with van der Waals surface area (Å²) in [4.78, 5) is 26.2. The summed E-state index contributed by atoms with van der Waals surface area (Å²) in [6.07, 6.45) is 9.19. The van der Waals surface area contributed by atoms with Crippen LogP contribution in [-0.2, 0) is 0 Å². The van der Waals surface area contributed by atoms with Crippen LogP contribution in [0.4, 0.5) is 5.82 Å². The molecule has 1 unspecified atom stereocenters. The summed E-state index contributed by atoms with van der Waals surface area (Å²) in [6.45, 7) is 1.64. The summed E-state index contributed by atoms with van der Waals surface area (Å²) in [7, 11) is 0. The van der Waals surface area contributed by atoms with Crippen LogP contribution in [0.25, 0.3) is 10.9 Å². The van der Waals surface area contributed by atoms with Crippen LogP contribution in [0.5, 0.6) is 0 Å². The lowest BCUT2D eigenvalue weighted by Gasteiger charge is -2.18. The van der Waals surface area contributed by atoms with Gasteiger partial charge in [0, 0.05) is 30.9 Å². The van der Waals surface area contributed by atoms with E-state index in [1.54, 1.807) is 24.9 Å². The van der Waals surface area contributed by atoms with E-state index in [2.05, 4.69) is 25.0 Å². The molecule has 116 valence electrons. The smallest absolute Gasteiger partial charge is 0.251 e. The standard InChI is InChI=1S/C15H15N7O/c16-14(23)10-5-20-22(7-10)11-2-4-21(8-11)15-12-1-3-17-6-13(12)18-9-19-15/h1,3,5-7,9,11H,2,4,8H2,(H2,16,23). The highest BCUT2D eigenvalue weighted by atomic mass is 16.1. The van der Waals surface area contributed by atoms with E-state index >= 15 is 0 Å². The van der Waals surface area contributed by atoms with Gasteiger partial charge in [0.05, 0.1) is 29.5 Å². The van der Waals surface area contributed by atoms with Crippen LogP contribution in [0.3, 0.4) is 0 Å². The average Bonchev–Trinajstić information content (AvgIpc) is 3.23. The Labute approximate surface area is 132 Å². The van der Waals surface area contributed by atoms with Gasteiger partial charge in [0.25, 0.3) is 5.91 Å². The van der Waals surface area contributed by atoms with Gasteiger partial charge in [-0.25, -0.2) is 9.97 Å². The molecule has 8 heteroatoms. The number of carbonyl (C=O) groups excluding carboxylic acids is 1. The van der Waals surface area contributed by atoms with Crippen molar-refractivity contribution in [3.8, 4) is 0 Å². The lowest BCUT2D eigenvalue weighted by molar-refractivity contribution is 0.1000. The minimum Gasteiger partial charge on any atom is -0.366 e. The van der Waals surface area contributed by atoms with Gasteiger partial charge in [0.1, 0.15) is 12.1 Å². The number of rotatable bonds is 3. The van der Waals surface area contributed by atoms with E-state index in [0.717, 1.165) is 36.2 Å². The molecule has 4 rings (SSSR count).